The van der Waals surface area contributed by atoms with E-state index in [1.165, 1.54) is 7.11 Å². The quantitative estimate of drug-likeness (QED) is 0.795. The van der Waals surface area contributed by atoms with Gasteiger partial charge in [-0.25, -0.2) is 0 Å². The Hall–Kier alpha value is -1.77. The summed E-state index contributed by atoms with van der Waals surface area (Å²) < 4.78 is 29.0. The van der Waals surface area contributed by atoms with Crippen LogP contribution in [0.15, 0.2) is 48.5 Å². The van der Waals surface area contributed by atoms with Crippen molar-refractivity contribution in [3.8, 4) is 11.5 Å². The predicted octanol–water partition coefficient (Wildman–Crippen LogP) is 2.58. The van der Waals surface area contributed by atoms with Crippen LogP contribution >= 0.6 is 7.37 Å². The standard InChI is InChI=1S/C15H17O4P/c1-17-12-8-10-13(11-9-12)20(16,19-3)15-7-5-4-6-14(15)18-2/h4-11H,1-3H3. The molecule has 2 aromatic rings. The Morgan fingerprint density at radius 1 is 0.850 bits per heavy atom. The molecule has 0 aliphatic rings. The van der Waals surface area contributed by atoms with Crippen LogP contribution in [0.4, 0.5) is 0 Å². The summed E-state index contributed by atoms with van der Waals surface area (Å²) in [6.07, 6.45) is 0. The van der Waals surface area contributed by atoms with Crippen molar-refractivity contribution in [2.24, 2.45) is 0 Å². The van der Waals surface area contributed by atoms with E-state index in [1.54, 1.807) is 50.6 Å². The van der Waals surface area contributed by atoms with Gasteiger partial charge < -0.3 is 14.0 Å². The van der Waals surface area contributed by atoms with Crippen molar-refractivity contribution < 1.29 is 18.6 Å². The van der Waals surface area contributed by atoms with Gasteiger partial charge in [0.2, 0.25) is 0 Å². The van der Waals surface area contributed by atoms with Gasteiger partial charge in [0.25, 0.3) is 7.37 Å². The maximum atomic E-state index is 13.2. The van der Waals surface area contributed by atoms with E-state index in [1.807, 2.05) is 12.1 Å². The van der Waals surface area contributed by atoms with Gasteiger partial charge in [-0.2, -0.15) is 0 Å². The zero-order valence-electron chi connectivity index (χ0n) is 11.7. The lowest BCUT2D eigenvalue weighted by Gasteiger charge is -2.19. The van der Waals surface area contributed by atoms with Crippen LogP contribution in [0, 0.1) is 0 Å². The van der Waals surface area contributed by atoms with E-state index in [0.29, 0.717) is 22.1 Å². The molecule has 0 heterocycles. The van der Waals surface area contributed by atoms with Gasteiger partial charge in [0.1, 0.15) is 11.5 Å². The van der Waals surface area contributed by atoms with Crippen LogP contribution in [0.1, 0.15) is 0 Å². The number of benzene rings is 2. The molecule has 0 N–H and O–H groups in total. The average Bonchev–Trinajstić information content (AvgIpc) is 2.54. The van der Waals surface area contributed by atoms with Crippen molar-refractivity contribution in [3.63, 3.8) is 0 Å². The number of para-hydroxylation sites is 1. The van der Waals surface area contributed by atoms with Crippen molar-refractivity contribution in [1.82, 2.24) is 0 Å². The smallest absolute Gasteiger partial charge is 0.264 e. The number of ether oxygens (including phenoxy) is 2. The molecule has 0 spiro atoms. The summed E-state index contributed by atoms with van der Waals surface area (Å²) in [5, 5.41) is 1.15. The van der Waals surface area contributed by atoms with Crippen LogP contribution in [0.25, 0.3) is 0 Å². The molecule has 0 aliphatic carbocycles. The second-order valence-corrected chi connectivity index (χ2v) is 6.57. The van der Waals surface area contributed by atoms with Gasteiger partial charge in [-0.15, -0.1) is 0 Å². The number of methoxy groups -OCH3 is 2. The first-order valence-corrected chi connectivity index (χ1v) is 7.72. The Morgan fingerprint density at radius 3 is 2.05 bits per heavy atom. The molecule has 0 saturated heterocycles. The number of hydrogen-bond donors (Lipinski definition) is 0. The fraction of sp³-hybridized carbons (Fsp3) is 0.200. The highest BCUT2D eigenvalue weighted by atomic mass is 31.2. The SMILES string of the molecule is COc1ccc(P(=O)(OC)c2ccccc2OC)cc1. The molecule has 0 fully saturated rings. The van der Waals surface area contributed by atoms with Crippen molar-refractivity contribution in [2.75, 3.05) is 21.3 Å². The molecular formula is C15H17O4P. The molecule has 0 saturated carbocycles. The normalized spacial score (nSPS) is 13.6. The zero-order valence-corrected chi connectivity index (χ0v) is 12.6. The van der Waals surface area contributed by atoms with Crippen LogP contribution in [-0.2, 0) is 9.09 Å². The lowest BCUT2D eigenvalue weighted by molar-refractivity contribution is 0.401. The van der Waals surface area contributed by atoms with Crippen molar-refractivity contribution in [3.05, 3.63) is 48.5 Å². The summed E-state index contributed by atoms with van der Waals surface area (Å²) in [4.78, 5) is 0. The van der Waals surface area contributed by atoms with Crippen LogP contribution in [0.3, 0.4) is 0 Å². The third kappa shape index (κ3) is 2.58. The molecule has 0 amide bonds. The summed E-state index contributed by atoms with van der Waals surface area (Å²) in [6, 6.07) is 14.2. The van der Waals surface area contributed by atoms with Crippen LogP contribution in [-0.4, -0.2) is 21.3 Å². The van der Waals surface area contributed by atoms with Crippen molar-refractivity contribution in [1.29, 1.82) is 0 Å². The summed E-state index contributed by atoms with van der Waals surface area (Å²) in [7, 11) is 1.41. The van der Waals surface area contributed by atoms with Gasteiger partial charge >= 0.3 is 0 Å². The Morgan fingerprint density at radius 2 is 1.50 bits per heavy atom. The van der Waals surface area contributed by atoms with E-state index in [2.05, 4.69) is 0 Å². The maximum Gasteiger partial charge on any atom is 0.264 e. The molecule has 2 rings (SSSR count). The van der Waals surface area contributed by atoms with Crippen molar-refractivity contribution in [2.45, 2.75) is 0 Å². The van der Waals surface area contributed by atoms with E-state index in [9.17, 15) is 4.57 Å². The Kier molecular flexibility index (Phi) is 4.48. The Labute approximate surface area is 118 Å². The van der Waals surface area contributed by atoms with Gasteiger partial charge in [0.15, 0.2) is 0 Å². The second-order valence-electron chi connectivity index (χ2n) is 4.10. The lowest BCUT2D eigenvalue weighted by atomic mass is 10.3. The highest BCUT2D eigenvalue weighted by molar-refractivity contribution is 7.74. The minimum atomic E-state index is -3.17. The average molecular weight is 292 g/mol. The first-order valence-electron chi connectivity index (χ1n) is 6.09. The molecule has 2 aromatic carbocycles. The first kappa shape index (κ1) is 14.6. The van der Waals surface area contributed by atoms with Gasteiger partial charge in [-0.1, -0.05) is 12.1 Å². The minimum Gasteiger partial charge on any atom is -0.497 e. The van der Waals surface area contributed by atoms with Gasteiger partial charge in [0, 0.05) is 12.4 Å². The number of hydrogen-bond acceptors (Lipinski definition) is 4. The molecule has 1 atom stereocenters. The molecule has 106 valence electrons. The van der Waals surface area contributed by atoms with Gasteiger partial charge in [0.05, 0.1) is 19.5 Å². The topological polar surface area (TPSA) is 44.8 Å². The summed E-state index contributed by atoms with van der Waals surface area (Å²) >= 11 is 0. The monoisotopic (exact) mass is 292 g/mol. The van der Waals surface area contributed by atoms with Gasteiger partial charge in [-0.05, 0) is 36.4 Å². The summed E-state index contributed by atoms with van der Waals surface area (Å²) in [6.45, 7) is 0. The van der Waals surface area contributed by atoms with E-state index < -0.39 is 7.37 Å². The number of rotatable bonds is 5. The van der Waals surface area contributed by atoms with Gasteiger partial charge in [-0.3, -0.25) is 4.57 Å². The third-order valence-corrected chi connectivity index (χ3v) is 5.57. The summed E-state index contributed by atoms with van der Waals surface area (Å²) in [5.41, 5.74) is 0. The Bertz CT molecular complexity index is 622. The van der Waals surface area contributed by atoms with Crippen LogP contribution < -0.4 is 20.1 Å². The van der Waals surface area contributed by atoms with E-state index in [0.717, 1.165) is 0 Å². The molecule has 1 unspecified atom stereocenters. The molecule has 0 bridgehead atoms. The Balaban J connectivity index is 2.55. The minimum absolute atomic E-state index is 0.550. The zero-order chi connectivity index (χ0) is 14.6. The highest BCUT2D eigenvalue weighted by Gasteiger charge is 2.30. The largest absolute Gasteiger partial charge is 0.497 e. The van der Waals surface area contributed by atoms with E-state index in [4.69, 9.17) is 14.0 Å². The third-order valence-electron chi connectivity index (χ3n) is 3.07. The molecular weight excluding hydrogens is 275 g/mol. The first-order chi connectivity index (χ1) is 9.65. The molecule has 5 heteroatoms. The predicted molar refractivity (Wildman–Crippen MR) is 79.9 cm³/mol. The van der Waals surface area contributed by atoms with E-state index in [-0.39, 0.29) is 0 Å². The molecule has 0 radical (unpaired) electrons. The fourth-order valence-corrected chi connectivity index (χ4v) is 3.96. The lowest BCUT2D eigenvalue weighted by Crippen LogP contribution is -2.18. The van der Waals surface area contributed by atoms with Crippen LogP contribution in [0.2, 0.25) is 0 Å². The van der Waals surface area contributed by atoms with Crippen LogP contribution in [0.5, 0.6) is 11.5 Å². The maximum absolute atomic E-state index is 13.2. The highest BCUT2D eigenvalue weighted by Crippen LogP contribution is 2.46. The molecule has 4 nitrogen and oxygen atoms in total. The fourth-order valence-electron chi connectivity index (χ4n) is 1.99. The van der Waals surface area contributed by atoms with E-state index >= 15 is 0 Å². The molecule has 20 heavy (non-hydrogen) atoms. The second kappa shape index (κ2) is 6.12. The summed E-state index contributed by atoms with van der Waals surface area (Å²) in [5.74, 6) is 1.25. The molecule has 0 aromatic heterocycles. The van der Waals surface area contributed by atoms with Crippen molar-refractivity contribution >= 4 is 18.0 Å². The molecule has 0 aliphatic heterocycles.